The van der Waals surface area contributed by atoms with Crippen LogP contribution < -0.4 is 0 Å². The lowest BCUT2D eigenvalue weighted by Gasteiger charge is -2.34. The lowest BCUT2D eigenvalue weighted by atomic mass is 9.97. The van der Waals surface area contributed by atoms with Gasteiger partial charge in [-0.1, -0.05) is 30.3 Å². The summed E-state index contributed by atoms with van der Waals surface area (Å²) in [4.78, 5) is 36.1. The third-order valence-corrected chi connectivity index (χ3v) is 6.04. The highest BCUT2D eigenvalue weighted by molar-refractivity contribution is 5.88. The summed E-state index contributed by atoms with van der Waals surface area (Å²) in [6, 6.07) is 10.2. The first-order chi connectivity index (χ1) is 14.0. The second-order valence-corrected chi connectivity index (χ2v) is 8.09. The van der Waals surface area contributed by atoms with Crippen molar-refractivity contribution in [1.29, 1.82) is 0 Å². The molecule has 0 spiro atoms. The average molecular weight is 396 g/mol. The summed E-state index contributed by atoms with van der Waals surface area (Å²) in [5.74, 6) is 0.544. The van der Waals surface area contributed by atoms with Crippen molar-refractivity contribution in [2.45, 2.75) is 25.3 Å². The molecule has 4 rings (SSSR count). The van der Waals surface area contributed by atoms with E-state index in [4.69, 9.17) is 0 Å². The van der Waals surface area contributed by atoms with E-state index >= 15 is 0 Å². The van der Waals surface area contributed by atoms with Gasteiger partial charge in [0.15, 0.2) is 0 Å². The highest BCUT2D eigenvalue weighted by Crippen LogP contribution is 2.32. The number of nitrogens with zero attached hydrogens (tertiary/aromatic N) is 5. The highest BCUT2D eigenvalue weighted by atomic mass is 16.2. The van der Waals surface area contributed by atoms with Gasteiger partial charge >= 0.3 is 0 Å². The molecular formula is C22H29N5O2. The molecule has 0 saturated carbocycles. The highest BCUT2D eigenvalue weighted by Gasteiger charge is 2.33. The van der Waals surface area contributed by atoms with Gasteiger partial charge in [-0.2, -0.15) is 0 Å². The first-order valence-corrected chi connectivity index (χ1v) is 10.4. The molecule has 0 N–H and O–H groups in total. The molecule has 7 heteroatoms. The van der Waals surface area contributed by atoms with Gasteiger partial charge in [-0.3, -0.25) is 9.59 Å². The normalized spacial score (nSPS) is 19.7. The van der Waals surface area contributed by atoms with Crippen LogP contribution in [0.4, 0.5) is 0 Å². The second-order valence-electron chi connectivity index (χ2n) is 8.09. The first-order valence-electron chi connectivity index (χ1n) is 10.4. The smallest absolute Gasteiger partial charge is 0.242 e. The van der Waals surface area contributed by atoms with E-state index in [-0.39, 0.29) is 24.3 Å². The number of piperazine rings is 1. The number of carbonyl (C=O) groups is 2. The first kappa shape index (κ1) is 19.6. The van der Waals surface area contributed by atoms with Gasteiger partial charge in [0.05, 0.1) is 24.4 Å². The molecule has 2 aromatic rings. The van der Waals surface area contributed by atoms with Crippen LogP contribution in [0.15, 0.2) is 36.5 Å². The summed E-state index contributed by atoms with van der Waals surface area (Å²) in [5.41, 5.74) is 2.16. The minimum absolute atomic E-state index is 0.0151. The molecule has 0 radical (unpaired) electrons. The Morgan fingerprint density at radius 3 is 2.55 bits per heavy atom. The van der Waals surface area contributed by atoms with Crippen LogP contribution in [0.1, 0.15) is 24.6 Å². The van der Waals surface area contributed by atoms with Crippen molar-refractivity contribution in [2.24, 2.45) is 0 Å². The van der Waals surface area contributed by atoms with Gasteiger partial charge in [0.25, 0.3) is 0 Å². The monoisotopic (exact) mass is 395 g/mol. The Labute approximate surface area is 171 Å². The van der Waals surface area contributed by atoms with Crippen LogP contribution in [0.5, 0.6) is 0 Å². The predicted molar refractivity (Wildman–Crippen MR) is 111 cm³/mol. The number of amides is 2. The number of hydrogen-bond acceptors (Lipinski definition) is 4. The van der Waals surface area contributed by atoms with E-state index in [2.05, 4.69) is 33.6 Å². The van der Waals surface area contributed by atoms with E-state index in [1.165, 1.54) is 0 Å². The number of imidazole rings is 1. The van der Waals surface area contributed by atoms with E-state index in [0.29, 0.717) is 0 Å². The van der Waals surface area contributed by atoms with Crippen LogP contribution in [0.25, 0.3) is 11.3 Å². The van der Waals surface area contributed by atoms with E-state index in [9.17, 15) is 9.59 Å². The Morgan fingerprint density at radius 2 is 1.83 bits per heavy atom. The zero-order valence-corrected chi connectivity index (χ0v) is 17.3. The van der Waals surface area contributed by atoms with Crippen LogP contribution >= 0.6 is 0 Å². The number of carbonyl (C=O) groups excluding carboxylic acids is 2. The fourth-order valence-electron chi connectivity index (χ4n) is 4.26. The molecule has 1 fully saturated rings. The minimum Gasteiger partial charge on any atom is -0.339 e. The number of fused-ring (bicyclic) bond motifs is 1. The van der Waals surface area contributed by atoms with Crippen molar-refractivity contribution in [2.75, 3.05) is 46.8 Å². The lowest BCUT2D eigenvalue weighted by Crippen LogP contribution is -2.50. The molecule has 29 heavy (non-hydrogen) atoms. The summed E-state index contributed by atoms with van der Waals surface area (Å²) in [5, 5.41) is 0. The van der Waals surface area contributed by atoms with Crippen molar-refractivity contribution in [3.63, 3.8) is 0 Å². The third-order valence-electron chi connectivity index (χ3n) is 6.04. The van der Waals surface area contributed by atoms with E-state index < -0.39 is 0 Å². The predicted octanol–water partition coefficient (Wildman–Crippen LogP) is 1.66. The summed E-state index contributed by atoms with van der Waals surface area (Å²) < 4.78 is 2.16. The van der Waals surface area contributed by atoms with Crippen LogP contribution in [0.2, 0.25) is 0 Å². The molecule has 7 nitrogen and oxygen atoms in total. The van der Waals surface area contributed by atoms with Crippen molar-refractivity contribution >= 4 is 11.8 Å². The lowest BCUT2D eigenvalue weighted by molar-refractivity contribution is -0.141. The maximum absolute atomic E-state index is 13.2. The van der Waals surface area contributed by atoms with Gasteiger partial charge in [-0.15, -0.1) is 0 Å². The summed E-state index contributed by atoms with van der Waals surface area (Å²) >= 11 is 0. The van der Waals surface area contributed by atoms with Gasteiger partial charge in [0.1, 0.15) is 5.82 Å². The van der Waals surface area contributed by atoms with Crippen molar-refractivity contribution in [3.8, 4) is 11.3 Å². The average Bonchev–Trinajstić information content (AvgIpc) is 3.18. The third kappa shape index (κ3) is 4.05. The zero-order valence-electron chi connectivity index (χ0n) is 17.3. The molecule has 2 amide bonds. The Hall–Kier alpha value is -2.67. The number of aromatic nitrogens is 2. The van der Waals surface area contributed by atoms with Gasteiger partial charge in [0.2, 0.25) is 11.8 Å². The van der Waals surface area contributed by atoms with Gasteiger partial charge in [0, 0.05) is 39.8 Å². The van der Waals surface area contributed by atoms with Crippen molar-refractivity contribution in [3.05, 3.63) is 42.4 Å². The molecule has 1 atom stereocenters. The number of likely N-dealkylation sites (N-methyl/N-ethyl adjacent to an activating group) is 2. The second kappa shape index (κ2) is 8.37. The van der Waals surface area contributed by atoms with E-state index in [0.717, 1.165) is 62.6 Å². The fraction of sp³-hybridized carbons (Fsp3) is 0.500. The summed E-state index contributed by atoms with van der Waals surface area (Å²) in [7, 11) is 3.79. The molecule has 1 aromatic heterocycles. The quantitative estimate of drug-likeness (QED) is 0.790. The summed E-state index contributed by atoms with van der Waals surface area (Å²) in [6.45, 7) is 4.22. The maximum atomic E-state index is 13.2. The van der Waals surface area contributed by atoms with Gasteiger partial charge < -0.3 is 19.3 Å². The maximum Gasteiger partial charge on any atom is 0.242 e. The van der Waals surface area contributed by atoms with E-state index in [1.807, 2.05) is 29.3 Å². The van der Waals surface area contributed by atoms with Gasteiger partial charge in [-0.05, 0) is 25.5 Å². The SMILES string of the molecule is CN1CCN(C(=O)CN(C)C(=O)C2CCCn3c(-c4ccccc4)cnc32)CC1. The topological polar surface area (TPSA) is 61.7 Å². The van der Waals surface area contributed by atoms with Crippen molar-refractivity contribution in [1.82, 2.24) is 24.3 Å². The number of benzene rings is 1. The molecule has 1 aromatic carbocycles. The van der Waals surface area contributed by atoms with E-state index in [1.54, 1.807) is 11.9 Å². The Morgan fingerprint density at radius 1 is 1.10 bits per heavy atom. The summed E-state index contributed by atoms with van der Waals surface area (Å²) in [6.07, 6.45) is 3.57. The standard InChI is InChI=1S/C22H29N5O2/c1-24-11-13-26(14-12-24)20(28)16-25(2)22(29)18-9-6-10-27-19(15-23-21(18)27)17-7-4-3-5-8-17/h3-5,7-8,15,18H,6,9-14,16H2,1-2H3. The molecule has 2 aliphatic rings. The molecule has 1 saturated heterocycles. The van der Waals surface area contributed by atoms with Gasteiger partial charge in [-0.25, -0.2) is 4.98 Å². The Balaban J connectivity index is 1.46. The fourth-order valence-corrected chi connectivity index (χ4v) is 4.26. The molecule has 154 valence electrons. The van der Waals surface area contributed by atoms with Crippen molar-refractivity contribution < 1.29 is 9.59 Å². The largest absolute Gasteiger partial charge is 0.339 e. The Bertz CT molecular complexity index is 871. The molecule has 0 aliphatic carbocycles. The molecular weight excluding hydrogens is 366 g/mol. The number of rotatable bonds is 4. The van der Waals surface area contributed by atoms with Crippen LogP contribution in [-0.2, 0) is 16.1 Å². The van der Waals surface area contributed by atoms with Crippen LogP contribution in [0.3, 0.4) is 0 Å². The molecule has 2 aliphatic heterocycles. The minimum atomic E-state index is -0.286. The van der Waals surface area contributed by atoms with Crippen LogP contribution in [0, 0.1) is 0 Å². The number of hydrogen-bond donors (Lipinski definition) is 0. The zero-order chi connectivity index (χ0) is 20.4. The molecule has 0 bridgehead atoms. The molecule has 1 unspecified atom stereocenters. The molecule has 3 heterocycles. The Kier molecular flexibility index (Phi) is 5.67. The van der Waals surface area contributed by atoms with Crippen LogP contribution in [-0.4, -0.2) is 82.9 Å².